The van der Waals surface area contributed by atoms with Crippen LogP contribution < -0.4 is 14.8 Å². The van der Waals surface area contributed by atoms with Crippen molar-refractivity contribution in [1.29, 1.82) is 5.26 Å². The molecular weight excluding hydrogens is 512 g/mol. The van der Waals surface area contributed by atoms with E-state index in [9.17, 15) is 18.5 Å². The fraction of sp³-hybridized carbons (Fsp3) is 0.217. The largest absolute Gasteiger partial charge is 0.489 e. The van der Waals surface area contributed by atoms with Crippen LogP contribution in [0.1, 0.15) is 16.7 Å². The molecule has 0 aliphatic rings. The van der Waals surface area contributed by atoms with Crippen LogP contribution in [-0.2, 0) is 14.6 Å². The van der Waals surface area contributed by atoms with Crippen LogP contribution in [0.15, 0.2) is 46.3 Å². The molecule has 0 spiro atoms. The van der Waals surface area contributed by atoms with Gasteiger partial charge < -0.3 is 9.47 Å². The van der Waals surface area contributed by atoms with Crippen LogP contribution in [0.4, 0.5) is 5.13 Å². The van der Waals surface area contributed by atoms with Crippen LogP contribution in [0.25, 0.3) is 6.08 Å². The number of nitrogens with zero attached hydrogens (tertiary/aromatic N) is 3. The van der Waals surface area contributed by atoms with Crippen LogP contribution in [0.3, 0.4) is 0 Å². The number of benzene rings is 2. The lowest BCUT2D eigenvalue weighted by atomic mass is 10.1. The van der Waals surface area contributed by atoms with Gasteiger partial charge in [0.1, 0.15) is 36.4 Å². The second-order valence-corrected chi connectivity index (χ2v) is 11.0. The summed E-state index contributed by atoms with van der Waals surface area (Å²) in [6.45, 7) is 4.55. The Labute approximate surface area is 211 Å². The summed E-state index contributed by atoms with van der Waals surface area (Å²) >= 11 is 6.99. The van der Waals surface area contributed by atoms with Gasteiger partial charge in [-0.2, -0.15) is 5.26 Å². The smallest absolute Gasteiger partial charge is 0.268 e. The molecule has 3 rings (SSSR count). The summed E-state index contributed by atoms with van der Waals surface area (Å²) < 4.78 is 34.3. The van der Waals surface area contributed by atoms with Gasteiger partial charge in [0.2, 0.25) is 19.3 Å². The first kappa shape index (κ1) is 26.2. The SMILES string of the molecule is Cc1cccc(C)c1OCCOc1ccc(C=C(C#N)C(=O)Nc2nnc(S(C)(=O)=O)s2)cc1Cl. The maximum absolute atomic E-state index is 12.4. The van der Waals surface area contributed by atoms with Crippen molar-refractivity contribution in [3.8, 4) is 17.6 Å². The zero-order valence-corrected chi connectivity index (χ0v) is 21.4. The molecule has 35 heavy (non-hydrogen) atoms. The maximum Gasteiger partial charge on any atom is 0.268 e. The predicted octanol–water partition coefficient (Wildman–Crippen LogP) is 4.22. The summed E-state index contributed by atoms with van der Waals surface area (Å²) in [5.74, 6) is 0.494. The van der Waals surface area contributed by atoms with Crippen LogP contribution in [0.5, 0.6) is 11.5 Å². The Bertz CT molecular complexity index is 1410. The molecule has 9 nitrogen and oxygen atoms in total. The third-order valence-corrected chi connectivity index (χ3v) is 7.38. The van der Waals surface area contributed by atoms with Crippen LogP contribution in [-0.4, -0.2) is 44.0 Å². The predicted molar refractivity (Wildman–Crippen MR) is 134 cm³/mol. The number of hydrogen-bond donors (Lipinski definition) is 1. The van der Waals surface area contributed by atoms with Crippen LogP contribution in [0, 0.1) is 25.2 Å². The lowest BCUT2D eigenvalue weighted by molar-refractivity contribution is -0.112. The van der Waals surface area contributed by atoms with E-state index in [1.807, 2.05) is 32.0 Å². The van der Waals surface area contributed by atoms with Gasteiger partial charge in [-0.1, -0.05) is 47.2 Å². The zero-order chi connectivity index (χ0) is 25.6. The quantitative estimate of drug-likeness (QED) is 0.187. The van der Waals surface area contributed by atoms with Gasteiger partial charge in [-0.05, 0) is 48.7 Å². The highest BCUT2D eigenvalue weighted by Crippen LogP contribution is 2.27. The van der Waals surface area contributed by atoms with Gasteiger partial charge in [-0.25, -0.2) is 8.42 Å². The molecule has 0 atom stereocenters. The minimum absolute atomic E-state index is 0.0403. The number of nitrogens with one attached hydrogen (secondary N) is 1. The molecule has 0 saturated heterocycles. The number of ether oxygens (including phenoxy) is 2. The molecule has 0 aliphatic carbocycles. The summed E-state index contributed by atoms with van der Waals surface area (Å²) in [5, 5.41) is 19.1. The highest BCUT2D eigenvalue weighted by atomic mass is 35.5. The second kappa shape index (κ2) is 11.3. The van der Waals surface area contributed by atoms with E-state index in [1.54, 1.807) is 24.3 Å². The molecule has 182 valence electrons. The normalized spacial score (nSPS) is 11.6. The van der Waals surface area contributed by atoms with Crippen molar-refractivity contribution in [2.45, 2.75) is 18.2 Å². The average molecular weight is 533 g/mol. The first-order valence-electron chi connectivity index (χ1n) is 10.2. The minimum atomic E-state index is -3.55. The monoisotopic (exact) mass is 532 g/mol. The maximum atomic E-state index is 12.4. The molecule has 1 N–H and O–H groups in total. The molecule has 3 aromatic rings. The van der Waals surface area contributed by atoms with Gasteiger partial charge in [0, 0.05) is 6.26 Å². The van der Waals surface area contributed by atoms with Gasteiger partial charge >= 0.3 is 0 Å². The van der Waals surface area contributed by atoms with E-state index >= 15 is 0 Å². The number of anilines is 1. The molecule has 1 amide bonds. The highest BCUT2D eigenvalue weighted by molar-refractivity contribution is 7.92. The van der Waals surface area contributed by atoms with Gasteiger partial charge in [0.25, 0.3) is 5.91 Å². The molecule has 0 fully saturated rings. The van der Waals surface area contributed by atoms with Crippen molar-refractivity contribution in [2.24, 2.45) is 0 Å². The Morgan fingerprint density at radius 3 is 2.46 bits per heavy atom. The Balaban J connectivity index is 1.61. The molecule has 0 radical (unpaired) electrons. The zero-order valence-electron chi connectivity index (χ0n) is 19.0. The van der Waals surface area contributed by atoms with Crippen LogP contribution >= 0.6 is 22.9 Å². The molecule has 1 heterocycles. The Hall–Kier alpha value is -3.46. The summed E-state index contributed by atoms with van der Waals surface area (Å²) in [6, 6.07) is 12.6. The third kappa shape index (κ3) is 7.02. The summed E-state index contributed by atoms with van der Waals surface area (Å²) in [7, 11) is -3.55. The van der Waals surface area contributed by atoms with Crippen molar-refractivity contribution in [3.05, 3.63) is 63.7 Å². The fourth-order valence-corrected chi connectivity index (χ4v) is 4.68. The van der Waals surface area contributed by atoms with E-state index in [2.05, 4.69) is 15.5 Å². The molecule has 12 heteroatoms. The summed E-state index contributed by atoms with van der Waals surface area (Å²) in [4.78, 5) is 12.4. The third-order valence-electron chi connectivity index (χ3n) is 4.57. The number of rotatable bonds is 9. The lowest BCUT2D eigenvalue weighted by Crippen LogP contribution is -2.13. The van der Waals surface area contributed by atoms with Crippen LogP contribution in [0.2, 0.25) is 5.02 Å². The number of sulfone groups is 1. The van der Waals surface area contributed by atoms with E-state index in [-0.39, 0.29) is 21.7 Å². The topological polar surface area (TPSA) is 131 Å². The molecule has 0 aliphatic heterocycles. The van der Waals surface area contributed by atoms with Crippen molar-refractivity contribution in [3.63, 3.8) is 0 Å². The van der Waals surface area contributed by atoms with E-state index < -0.39 is 15.7 Å². The van der Waals surface area contributed by atoms with Gasteiger partial charge in [-0.3, -0.25) is 10.1 Å². The summed E-state index contributed by atoms with van der Waals surface area (Å²) in [6.07, 6.45) is 2.32. The van der Waals surface area contributed by atoms with E-state index in [0.29, 0.717) is 34.3 Å². The molecular formula is C23H21ClN4O5S2. The molecule has 0 saturated carbocycles. The Morgan fingerprint density at radius 1 is 1.17 bits per heavy atom. The Morgan fingerprint density at radius 2 is 1.86 bits per heavy atom. The second-order valence-electron chi connectivity index (χ2n) is 7.38. The van der Waals surface area contributed by atoms with Gasteiger partial charge in [0.15, 0.2) is 0 Å². The van der Waals surface area contributed by atoms with Crippen molar-refractivity contribution in [2.75, 3.05) is 24.8 Å². The van der Waals surface area contributed by atoms with E-state index in [0.717, 1.165) is 23.1 Å². The number of hydrogen-bond acceptors (Lipinski definition) is 9. The molecule has 0 unspecified atom stereocenters. The average Bonchev–Trinajstić information content (AvgIpc) is 3.27. The lowest BCUT2D eigenvalue weighted by Gasteiger charge is -2.13. The van der Waals surface area contributed by atoms with Crippen molar-refractivity contribution in [1.82, 2.24) is 10.2 Å². The first-order valence-corrected chi connectivity index (χ1v) is 13.2. The molecule has 1 aromatic heterocycles. The number of nitriles is 1. The summed E-state index contributed by atoms with van der Waals surface area (Å²) in [5.41, 5.74) is 2.35. The minimum Gasteiger partial charge on any atom is -0.489 e. The standard InChI is InChI=1S/C23H21ClN4O5S2/c1-14-5-4-6-15(2)20(14)33-10-9-32-19-8-7-16(12-18(19)24)11-17(13-25)21(29)26-22-27-28-23(34-22)35(3,30)31/h4-8,11-12H,9-10H2,1-3H3,(H,26,27,29). The van der Waals surface area contributed by atoms with Crippen molar-refractivity contribution >= 4 is 49.9 Å². The number of amides is 1. The number of aromatic nitrogens is 2. The molecule has 2 aromatic carbocycles. The van der Waals surface area contributed by atoms with Gasteiger partial charge in [-0.15, -0.1) is 10.2 Å². The fourth-order valence-electron chi connectivity index (χ4n) is 2.94. The number of carbonyl (C=O) groups is 1. The first-order chi connectivity index (χ1) is 16.6. The number of halogens is 1. The number of carbonyl (C=O) groups excluding carboxylic acids is 1. The van der Waals surface area contributed by atoms with E-state index in [1.165, 1.54) is 6.08 Å². The van der Waals surface area contributed by atoms with Gasteiger partial charge in [0.05, 0.1) is 5.02 Å². The number of para-hydroxylation sites is 1. The molecule has 0 bridgehead atoms. The number of aryl methyl sites for hydroxylation is 2. The highest BCUT2D eigenvalue weighted by Gasteiger charge is 2.17. The van der Waals surface area contributed by atoms with Crippen molar-refractivity contribution < 1.29 is 22.7 Å². The Kier molecular flexibility index (Phi) is 8.45. The van der Waals surface area contributed by atoms with E-state index in [4.69, 9.17) is 21.1 Å².